The number of β-amino-alcohol motifs (C(OH)–C–C–N with tert-alkyl or cyclic N) is 1. The lowest BCUT2D eigenvalue weighted by Crippen LogP contribution is -2.25. The molecular formula is C13H15FN2O. The van der Waals surface area contributed by atoms with Gasteiger partial charge in [0.15, 0.2) is 0 Å². The summed E-state index contributed by atoms with van der Waals surface area (Å²) >= 11 is 0. The Balaban J connectivity index is 2.12. The second-order valence-corrected chi connectivity index (χ2v) is 4.36. The molecule has 2 atom stereocenters. The van der Waals surface area contributed by atoms with E-state index in [0.29, 0.717) is 25.9 Å². The minimum atomic E-state index is -0.358. The van der Waals surface area contributed by atoms with Crippen LogP contribution in [0.1, 0.15) is 24.4 Å². The van der Waals surface area contributed by atoms with Crippen molar-refractivity contribution >= 4 is 0 Å². The Kier molecular flexibility index (Phi) is 3.72. The Bertz CT molecular complexity index is 412. The molecule has 0 aliphatic carbocycles. The Morgan fingerprint density at radius 1 is 1.41 bits per heavy atom. The third kappa shape index (κ3) is 2.82. The average molecular weight is 234 g/mol. The van der Waals surface area contributed by atoms with Crippen LogP contribution in [0.3, 0.4) is 0 Å². The molecule has 2 rings (SSSR count). The standard InChI is InChI=1S/C13H15FN2O/c14-11-4-2-10(3-5-11)13-8-12(17)9-16(13)7-1-6-15/h2-5,12-13,17H,1,7-9H2. The molecule has 1 saturated heterocycles. The first-order valence-corrected chi connectivity index (χ1v) is 5.75. The highest BCUT2D eigenvalue weighted by atomic mass is 19.1. The van der Waals surface area contributed by atoms with Gasteiger partial charge < -0.3 is 5.11 Å². The van der Waals surface area contributed by atoms with Crippen molar-refractivity contribution in [3.05, 3.63) is 35.6 Å². The number of hydrogen-bond acceptors (Lipinski definition) is 3. The fraction of sp³-hybridized carbons (Fsp3) is 0.462. The van der Waals surface area contributed by atoms with Crippen molar-refractivity contribution in [2.75, 3.05) is 13.1 Å². The van der Waals surface area contributed by atoms with Crippen LogP contribution in [0.15, 0.2) is 24.3 Å². The predicted molar refractivity (Wildman–Crippen MR) is 61.6 cm³/mol. The molecule has 0 bridgehead atoms. The highest BCUT2D eigenvalue weighted by molar-refractivity contribution is 5.21. The fourth-order valence-corrected chi connectivity index (χ4v) is 2.35. The van der Waals surface area contributed by atoms with Crippen molar-refractivity contribution in [2.24, 2.45) is 0 Å². The van der Waals surface area contributed by atoms with E-state index in [9.17, 15) is 9.50 Å². The van der Waals surface area contributed by atoms with Gasteiger partial charge in [0.1, 0.15) is 5.82 Å². The van der Waals surface area contributed by atoms with Crippen molar-refractivity contribution < 1.29 is 9.50 Å². The van der Waals surface area contributed by atoms with Crippen LogP contribution in [0, 0.1) is 17.1 Å². The summed E-state index contributed by atoms with van der Waals surface area (Å²) in [5.74, 6) is -0.254. The Morgan fingerprint density at radius 2 is 2.12 bits per heavy atom. The molecular weight excluding hydrogens is 219 g/mol. The molecule has 1 aliphatic heterocycles. The van der Waals surface area contributed by atoms with Crippen LogP contribution in [0.25, 0.3) is 0 Å². The average Bonchev–Trinajstić information content (AvgIpc) is 2.69. The lowest BCUT2D eigenvalue weighted by molar-refractivity contribution is 0.176. The molecule has 0 aromatic heterocycles. The topological polar surface area (TPSA) is 47.3 Å². The second kappa shape index (κ2) is 5.26. The number of nitriles is 1. The molecule has 1 aromatic rings. The van der Waals surface area contributed by atoms with Crippen LogP contribution >= 0.6 is 0 Å². The van der Waals surface area contributed by atoms with Crippen LogP contribution in [0.2, 0.25) is 0 Å². The summed E-state index contributed by atoms with van der Waals surface area (Å²) in [4.78, 5) is 2.08. The monoisotopic (exact) mass is 234 g/mol. The summed E-state index contributed by atoms with van der Waals surface area (Å²) < 4.78 is 12.8. The van der Waals surface area contributed by atoms with E-state index in [1.54, 1.807) is 12.1 Å². The van der Waals surface area contributed by atoms with Crippen LogP contribution in [-0.4, -0.2) is 29.2 Å². The third-order valence-corrected chi connectivity index (χ3v) is 3.15. The zero-order valence-electron chi connectivity index (χ0n) is 9.51. The number of hydrogen-bond donors (Lipinski definition) is 1. The Morgan fingerprint density at radius 3 is 2.76 bits per heavy atom. The number of aliphatic hydroxyl groups is 1. The maximum Gasteiger partial charge on any atom is 0.123 e. The van der Waals surface area contributed by atoms with Gasteiger partial charge in [-0.1, -0.05) is 12.1 Å². The Hall–Kier alpha value is -1.44. The molecule has 1 aliphatic rings. The lowest BCUT2D eigenvalue weighted by atomic mass is 10.0. The first-order valence-electron chi connectivity index (χ1n) is 5.75. The van der Waals surface area contributed by atoms with Gasteiger partial charge in [-0.3, -0.25) is 4.90 Å². The van der Waals surface area contributed by atoms with Gasteiger partial charge in [-0.05, 0) is 24.1 Å². The van der Waals surface area contributed by atoms with Crippen LogP contribution in [0.4, 0.5) is 4.39 Å². The van der Waals surface area contributed by atoms with Gasteiger partial charge in [-0.15, -0.1) is 0 Å². The van der Waals surface area contributed by atoms with Crippen molar-refractivity contribution in [3.8, 4) is 6.07 Å². The molecule has 4 heteroatoms. The van der Waals surface area contributed by atoms with Gasteiger partial charge in [0.05, 0.1) is 12.2 Å². The van der Waals surface area contributed by atoms with E-state index < -0.39 is 0 Å². The SMILES string of the molecule is N#CCCN1CC(O)CC1c1ccc(F)cc1. The number of rotatable bonds is 3. The molecule has 0 saturated carbocycles. The first-order chi connectivity index (χ1) is 8.20. The van der Waals surface area contributed by atoms with Gasteiger partial charge in [-0.2, -0.15) is 5.26 Å². The van der Waals surface area contributed by atoms with E-state index in [1.165, 1.54) is 12.1 Å². The molecule has 1 fully saturated rings. The van der Waals surface area contributed by atoms with Crippen molar-refractivity contribution in [3.63, 3.8) is 0 Å². The summed E-state index contributed by atoms with van der Waals surface area (Å²) in [6, 6.07) is 8.56. The molecule has 1 heterocycles. The number of aliphatic hydroxyl groups excluding tert-OH is 1. The van der Waals surface area contributed by atoms with Crippen LogP contribution in [-0.2, 0) is 0 Å². The van der Waals surface area contributed by atoms with E-state index in [4.69, 9.17) is 5.26 Å². The number of halogens is 1. The predicted octanol–water partition coefficient (Wildman–Crippen LogP) is 1.85. The van der Waals surface area contributed by atoms with Gasteiger partial charge in [-0.25, -0.2) is 4.39 Å². The summed E-state index contributed by atoms with van der Waals surface area (Å²) in [6.07, 6.45) is 0.741. The number of benzene rings is 1. The molecule has 0 spiro atoms. The molecule has 17 heavy (non-hydrogen) atoms. The molecule has 1 aromatic carbocycles. The minimum absolute atomic E-state index is 0.0962. The van der Waals surface area contributed by atoms with E-state index in [-0.39, 0.29) is 18.0 Å². The maximum atomic E-state index is 12.8. The Labute approximate surface area is 100 Å². The van der Waals surface area contributed by atoms with Gasteiger partial charge in [0, 0.05) is 25.6 Å². The van der Waals surface area contributed by atoms with E-state index in [1.807, 2.05) is 0 Å². The minimum Gasteiger partial charge on any atom is -0.392 e. The second-order valence-electron chi connectivity index (χ2n) is 4.36. The summed E-state index contributed by atoms with van der Waals surface area (Å²) in [5, 5.41) is 18.3. The maximum absolute atomic E-state index is 12.8. The zero-order valence-corrected chi connectivity index (χ0v) is 9.51. The molecule has 2 unspecified atom stereocenters. The van der Waals surface area contributed by atoms with Crippen LogP contribution in [0.5, 0.6) is 0 Å². The van der Waals surface area contributed by atoms with Crippen molar-refractivity contribution in [2.45, 2.75) is 25.0 Å². The number of likely N-dealkylation sites (tertiary alicyclic amines) is 1. The van der Waals surface area contributed by atoms with Crippen LogP contribution < -0.4 is 0 Å². The fourth-order valence-electron chi connectivity index (χ4n) is 2.35. The quantitative estimate of drug-likeness (QED) is 0.868. The normalized spacial score (nSPS) is 24.8. The summed E-state index contributed by atoms with van der Waals surface area (Å²) in [5.41, 5.74) is 1.00. The first kappa shape index (κ1) is 12.0. The summed E-state index contributed by atoms with van der Waals surface area (Å²) in [7, 11) is 0. The highest BCUT2D eigenvalue weighted by Crippen LogP contribution is 2.32. The molecule has 0 radical (unpaired) electrons. The highest BCUT2D eigenvalue weighted by Gasteiger charge is 2.31. The molecule has 1 N–H and O–H groups in total. The molecule has 90 valence electrons. The number of nitrogens with zero attached hydrogens (tertiary/aromatic N) is 2. The summed E-state index contributed by atoms with van der Waals surface area (Å²) in [6.45, 7) is 1.24. The van der Waals surface area contributed by atoms with E-state index in [0.717, 1.165) is 5.56 Å². The molecule has 3 nitrogen and oxygen atoms in total. The van der Waals surface area contributed by atoms with Gasteiger partial charge >= 0.3 is 0 Å². The third-order valence-electron chi connectivity index (χ3n) is 3.15. The molecule has 0 amide bonds. The van der Waals surface area contributed by atoms with E-state index >= 15 is 0 Å². The van der Waals surface area contributed by atoms with Crippen molar-refractivity contribution in [1.82, 2.24) is 4.90 Å². The van der Waals surface area contributed by atoms with Gasteiger partial charge in [0.2, 0.25) is 0 Å². The lowest BCUT2D eigenvalue weighted by Gasteiger charge is -2.23. The largest absolute Gasteiger partial charge is 0.392 e. The van der Waals surface area contributed by atoms with E-state index in [2.05, 4.69) is 11.0 Å². The zero-order chi connectivity index (χ0) is 12.3. The van der Waals surface area contributed by atoms with Gasteiger partial charge in [0.25, 0.3) is 0 Å². The van der Waals surface area contributed by atoms with Crippen molar-refractivity contribution in [1.29, 1.82) is 5.26 Å². The smallest absolute Gasteiger partial charge is 0.123 e.